The molecular weight excluding hydrogens is 232 g/mol. The smallest absolute Gasteiger partial charge is 0.339 e. The Balaban J connectivity index is 2.17. The van der Waals surface area contributed by atoms with Crippen LogP contribution >= 0.6 is 0 Å². The Bertz CT molecular complexity index is 491. The van der Waals surface area contributed by atoms with Gasteiger partial charge in [0, 0.05) is 0 Å². The number of amides is 1. The zero-order valence-electron chi connectivity index (χ0n) is 10.6. The molecule has 1 aromatic rings. The number of nitrogens with one attached hydrogen (secondary N) is 2. The molecule has 1 unspecified atom stereocenters. The van der Waals surface area contributed by atoms with Gasteiger partial charge in [-0.25, -0.2) is 4.79 Å². The number of carbonyl (C=O) groups excluding carboxylic acids is 2. The highest BCUT2D eigenvalue weighted by molar-refractivity contribution is 6.14. The van der Waals surface area contributed by atoms with Crippen molar-refractivity contribution in [1.29, 1.82) is 0 Å². The van der Waals surface area contributed by atoms with Crippen molar-refractivity contribution >= 4 is 23.3 Å². The maximum absolute atomic E-state index is 11.9. The molecule has 1 atom stereocenters. The number of esters is 1. The minimum Gasteiger partial charge on any atom is -0.458 e. The van der Waals surface area contributed by atoms with Gasteiger partial charge in [0.2, 0.25) is 6.04 Å². The Morgan fingerprint density at radius 1 is 1.22 bits per heavy atom. The van der Waals surface area contributed by atoms with E-state index in [9.17, 15) is 9.59 Å². The summed E-state index contributed by atoms with van der Waals surface area (Å²) in [4.78, 5) is 23.7. The summed E-state index contributed by atoms with van der Waals surface area (Å²) in [7, 11) is 0. The number of para-hydroxylation sites is 2. The monoisotopic (exact) mass is 248 g/mol. The van der Waals surface area contributed by atoms with Crippen LogP contribution in [0.15, 0.2) is 24.3 Å². The van der Waals surface area contributed by atoms with Gasteiger partial charge in [-0.15, -0.1) is 0 Å². The van der Waals surface area contributed by atoms with E-state index in [4.69, 9.17) is 4.74 Å². The second-order valence-corrected chi connectivity index (χ2v) is 5.15. The average Bonchev–Trinajstić information content (AvgIpc) is 2.25. The molecule has 0 saturated carbocycles. The Labute approximate surface area is 106 Å². The molecule has 1 amide bonds. The van der Waals surface area contributed by atoms with E-state index in [-0.39, 0.29) is 0 Å². The fourth-order valence-electron chi connectivity index (χ4n) is 1.67. The Hall–Kier alpha value is -2.04. The van der Waals surface area contributed by atoms with E-state index in [1.807, 2.05) is 12.1 Å². The highest BCUT2D eigenvalue weighted by Crippen LogP contribution is 2.26. The van der Waals surface area contributed by atoms with Crippen molar-refractivity contribution in [2.45, 2.75) is 32.4 Å². The van der Waals surface area contributed by atoms with Crippen LogP contribution in [0.5, 0.6) is 0 Å². The van der Waals surface area contributed by atoms with Crippen molar-refractivity contribution < 1.29 is 14.3 Å². The van der Waals surface area contributed by atoms with Crippen LogP contribution in [0.2, 0.25) is 0 Å². The lowest BCUT2D eigenvalue weighted by atomic mass is 10.1. The van der Waals surface area contributed by atoms with Crippen LogP contribution < -0.4 is 10.6 Å². The number of fused-ring (bicyclic) bond motifs is 1. The molecule has 1 aliphatic rings. The first-order chi connectivity index (χ1) is 8.37. The largest absolute Gasteiger partial charge is 0.458 e. The molecule has 0 bridgehead atoms. The fraction of sp³-hybridized carbons (Fsp3) is 0.385. The zero-order valence-corrected chi connectivity index (χ0v) is 10.6. The third-order valence-electron chi connectivity index (χ3n) is 2.39. The molecule has 1 aliphatic heterocycles. The molecule has 0 fully saturated rings. The van der Waals surface area contributed by atoms with Crippen molar-refractivity contribution in [3.63, 3.8) is 0 Å². The van der Waals surface area contributed by atoms with E-state index < -0.39 is 23.5 Å². The van der Waals surface area contributed by atoms with Gasteiger partial charge in [-0.1, -0.05) is 12.1 Å². The van der Waals surface area contributed by atoms with Gasteiger partial charge >= 0.3 is 5.97 Å². The summed E-state index contributed by atoms with van der Waals surface area (Å²) >= 11 is 0. The van der Waals surface area contributed by atoms with Gasteiger partial charge in [0.25, 0.3) is 5.91 Å². The van der Waals surface area contributed by atoms with Gasteiger partial charge < -0.3 is 15.4 Å². The number of anilines is 2. The molecule has 96 valence electrons. The molecule has 2 N–H and O–H groups in total. The lowest BCUT2D eigenvalue weighted by Crippen LogP contribution is -2.47. The second-order valence-electron chi connectivity index (χ2n) is 5.15. The van der Waals surface area contributed by atoms with Gasteiger partial charge in [0.1, 0.15) is 5.60 Å². The summed E-state index contributed by atoms with van der Waals surface area (Å²) in [6.45, 7) is 5.29. The van der Waals surface area contributed by atoms with Crippen molar-refractivity contribution in [2.24, 2.45) is 0 Å². The van der Waals surface area contributed by atoms with E-state index in [2.05, 4.69) is 10.6 Å². The molecule has 1 heterocycles. The van der Waals surface area contributed by atoms with Crippen LogP contribution in [0.1, 0.15) is 20.8 Å². The van der Waals surface area contributed by atoms with Gasteiger partial charge in [0.15, 0.2) is 0 Å². The van der Waals surface area contributed by atoms with Gasteiger partial charge in [-0.05, 0) is 32.9 Å². The standard InChI is InChI=1S/C13H16N2O3/c1-13(2,3)18-12(17)10-11(16)15-9-7-5-4-6-8(9)14-10/h4-7,10,14H,1-3H3,(H,15,16). The molecule has 5 heteroatoms. The normalized spacial score (nSPS) is 18.4. The Morgan fingerprint density at radius 3 is 2.44 bits per heavy atom. The van der Waals surface area contributed by atoms with Crippen LogP contribution in [-0.2, 0) is 14.3 Å². The number of rotatable bonds is 1. The van der Waals surface area contributed by atoms with Gasteiger partial charge in [-0.3, -0.25) is 4.79 Å². The molecule has 1 aromatic carbocycles. The first-order valence-electron chi connectivity index (χ1n) is 5.76. The van der Waals surface area contributed by atoms with Crippen LogP contribution in [-0.4, -0.2) is 23.5 Å². The van der Waals surface area contributed by atoms with Gasteiger partial charge in [0.05, 0.1) is 11.4 Å². The quantitative estimate of drug-likeness (QED) is 0.587. The first-order valence-corrected chi connectivity index (χ1v) is 5.76. The average molecular weight is 248 g/mol. The molecule has 0 aromatic heterocycles. The van der Waals surface area contributed by atoms with Crippen molar-refractivity contribution in [2.75, 3.05) is 10.6 Å². The van der Waals surface area contributed by atoms with Crippen LogP contribution in [0.25, 0.3) is 0 Å². The lowest BCUT2D eigenvalue weighted by Gasteiger charge is -2.28. The van der Waals surface area contributed by atoms with E-state index in [0.717, 1.165) is 0 Å². The lowest BCUT2D eigenvalue weighted by molar-refractivity contribution is -0.157. The van der Waals surface area contributed by atoms with Crippen LogP contribution in [0.3, 0.4) is 0 Å². The summed E-state index contributed by atoms with van der Waals surface area (Å²) in [5, 5.41) is 5.56. The van der Waals surface area contributed by atoms with Crippen molar-refractivity contribution in [3.05, 3.63) is 24.3 Å². The topological polar surface area (TPSA) is 67.4 Å². The summed E-state index contributed by atoms with van der Waals surface area (Å²) in [6.07, 6.45) is 0. The fourth-order valence-corrected chi connectivity index (χ4v) is 1.67. The summed E-state index contributed by atoms with van der Waals surface area (Å²) < 4.78 is 5.20. The second kappa shape index (κ2) is 4.33. The SMILES string of the molecule is CC(C)(C)OC(=O)C1Nc2ccccc2NC1=O. The van der Waals surface area contributed by atoms with Gasteiger partial charge in [-0.2, -0.15) is 0 Å². The first kappa shape index (κ1) is 12.4. The third-order valence-corrected chi connectivity index (χ3v) is 2.39. The summed E-state index contributed by atoms with van der Waals surface area (Å²) in [5.74, 6) is -0.975. The molecule has 0 radical (unpaired) electrons. The number of hydrogen-bond donors (Lipinski definition) is 2. The minimum atomic E-state index is -1.00. The zero-order chi connectivity index (χ0) is 13.3. The number of carbonyl (C=O) groups is 2. The predicted octanol–water partition coefficient (Wildman–Crippen LogP) is 1.76. The Kier molecular flexibility index (Phi) is 2.98. The highest BCUT2D eigenvalue weighted by Gasteiger charge is 2.34. The molecule has 2 rings (SSSR count). The third kappa shape index (κ3) is 2.61. The number of hydrogen-bond acceptors (Lipinski definition) is 4. The molecular formula is C13H16N2O3. The molecule has 0 aliphatic carbocycles. The molecule has 0 saturated heterocycles. The summed E-state index contributed by atoms with van der Waals surface area (Å²) in [5.41, 5.74) is 0.769. The maximum Gasteiger partial charge on any atom is 0.339 e. The minimum absolute atomic E-state index is 0.400. The number of ether oxygens (including phenoxy) is 1. The Morgan fingerprint density at radius 2 is 1.83 bits per heavy atom. The van der Waals surface area contributed by atoms with Crippen molar-refractivity contribution in [1.82, 2.24) is 0 Å². The van der Waals surface area contributed by atoms with E-state index in [1.54, 1.807) is 32.9 Å². The molecule has 0 spiro atoms. The van der Waals surface area contributed by atoms with Crippen molar-refractivity contribution in [3.8, 4) is 0 Å². The number of benzene rings is 1. The van der Waals surface area contributed by atoms with E-state index >= 15 is 0 Å². The van der Waals surface area contributed by atoms with Crippen LogP contribution in [0, 0.1) is 0 Å². The predicted molar refractivity (Wildman–Crippen MR) is 68.3 cm³/mol. The molecule has 5 nitrogen and oxygen atoms in total. The summed E-state index contributed by atoms with van der Waals surface area (Å²) in [6, 6.07) is 6.21. The van der Waals surface area contributed by atoms with Crippen LogP contribution in [0.4, 0.5) is 11.4 Å². The van der Waals surface area contributed by atoms with E-state index in [0.29, 0.717) is 11.4 Å². The molecule has 18 heavy (non-hydrogen) atoms. The highest BCUT2D eigenvalue weighted by atomic mass is 16.6. The van der Waals surface area contributed by atoms with E-state index in [1.165, 1.54) is 0 Å². The maximum atomic E-state index is 11.9.